The van der Waals surface area contributed by atoms with E-state index in [1.165, 1.54) is 40.8 Å². The number of aryl methyl sites for hydroxylation is 3. The van der Waals surface area contributed by atoms with E-state index >= 15 is 0 Å². The van der Waals surface area contributed by atoms with Gasteiger partial charge in [-0.25, -0.2) is 8.78 Å². The first-order valence-corrected chi connectivity index (χ1v) is 7.00. The summed E-state index contributed by atoms with van der Waals surface area (Å²) in [5, 5.41) is 0. The van der Waals surface area contributed by atoms with Gasteiger partial charge in [-0.2, -0.15) is 0 Å². The van der Waals surface area contributed by atoms with E-state index in [-0.39, 0.29) is 11.1 Å². The highest BCUT2D eigenvalue weighted by Gasteiger charge is 2.23. The number of ketones is 1. The van der Waals surface area contributed by atoms with Crippen LogP contribution < -0.4 is 0 Å². The average Bonchev–Trinajstić information content (AvgIpc) is 2.96. The van der Waals surface area contributed by atoms with Gasteiger partial charge in [0.25, 0.3) is 0 Å². The Labute approximate surface area is 113 Å². The largest absolute Gasteiger partial charge is 0.288 e. The van der Waals surface area contributed by atoms with Crippen LogP contribution in [0.4, 0.5) is 8.78 Å². The van der Waals surface area contributed by atoms with Gasteiger partial charge in [0.1, 0.15) is 0 Å². The summed E-state index contributed by atoms with van der Waals surface area (Å²) >= 11 is 1.41. The highest BCUT2D eigenvalue weighted by atomic mass is 32.1. The first kappa shape index (κ1) is 12.5. The number of fused-ring (bicyclic) bond motifs is 1. The van der Waals surface area contributed by atoms with Crippen molar-refractivity contribution in [3.05, 3.63) is 56.3 Å². The molecule has 0 saturated heterocycles. The van der Waals surface area contributed by atoms with E-state index in [1.54, 1.807) is 0 Å². The van der Waals surface area contributed by atoms with Crippen molar-refractivity contribution < 1.29 is 13.6 Å². The number of benzene rings is 1. The standard InChI is InChI=1S/C15H12F2OS/c1-8-5-6-10(14(17)13(8)16)15(18)12-7-9-3-2-4-11(9)19-12/h5-7H,2-4H2,1H3. The minimum absolute atomic E-state index is 0.178. The Morgan fingerprint density at radius 3 is 2.74 bits per heavy atom. The zero-order valence-corrected chi connectivity index (χ0v) is 11.2. The zero-order valence-electron chi connectivity index (χ0n) is 10.4. The minimum atomic E-state index is -1.04. The molecule has 0 saturated carbocycles. The lowest BCUT2D eigenvalue weighted by Gasteiger charge is -2.04. The lowest BCUT2D eigenvalue weighted by atomic mass is 10.1. The summed E-state index contributed by atoms with van der Waals surface area (Å²) in [4.78, 5) is 14.0. The van der Waals surface area contributed by atoms with Crippen LogP contribution in [0, 0.1) is 18.6 Å². The highest BCUT2D eigenvalue weighted by molar-refractivity contribution is 7.14. The molecule has 1 nitrogen and oxygen atoms in total. The smallest absolute Gasteiger partial charge is 0.206 e. The molecular formula is C15H12F2OS. The molecule has 0 amide bonds. The van der Waals surface area contributed by atoms with Gasteiger partial charge < -0.3 is 0 Å². The third kappa shape index (κ3) is 2.00. The van der Waals surface area contributed by atoms with E-state index in [9.17, 15) is 13.6 Å². The Hall–Kier alpha value is -1.55. The average molecular weight is 278 g/mol. The monoisotopic (exact) mass is 278 g/mol. The first-order chi connectivity index (χ1) is 9.08. The van der Waals surface area contributed by atoms with Crippen molar-refractivity contribution >= 4 is 17.1 Å². The fourth-order valence-corrected chi connectivity index (χ4v) is 3.60. The fraction of sp³-hybridized carbons (Fsp3) is 0.267. The summed E-state index contributed by atoms with van der Waals surface area (Å²) < 4.78 is 27.3. The van der Waals surface area contributed by atoms with Gasteiger partial charge in [0, 0.05) is 4.88 Å². The molecule has 4 heteroatoms. The van der Waals surface area contributed by atoms with Crippen molar-refractivity contribution in [2.75, 3.05) is 0 Å². The van der Waals surface area contributed by atoms with Crippen LogP contribution in [-0.2, 0) is 12.8 Å². The maximum Gasteiger partial charge on any atom is 0.206 e. The summed E-state index contributed by atoms with van der Waals surface area (Å²) in [5.74, 6) is -2.40. The molecule has 0 fully saturated rings. The molecule has 0 unspecified atom stereocenters. The van der Waals surface area contributed by atoms with Gasteiger partial charge in [-0.3, -0.25) is 4.79 Å². The third-order valence-corrected chi connectivity index (χ3v) is 4.73. The molecule has 0 aliphatic heterocycles. The van der Waals surface area contributed by atoms with Crippen LogP contribution in [-0.4, -0.2) is 5.78 Å². The summed E-state index contributed by atoms with van der Waals surface area (Å²) in [6.07, 6.45) is 3.07. The number of hydrogen-bond acceptors (Lipinski definition) is 2. The molecule has 1 heterocycles. The molecular weight excluding hydrogens is 266 g/mol. The van der Waals surface area contributed by atoms with Gasteiger partial charge in [0.05, 0.1) is 10.4 Å². The Morgan fingerprint density at radius 2 is 2.00 bits per heavy atom. The zero-order chi connectivity index (χ0) is 13.6. The fourth-order valence-electron chi connectivity index (χ4n) is 2.40. The molecule has 98 valence electrons. The summed E-state index contributed by atoms with van der Waals surface area (Å²) in [6.45, 7) is 1.48. The normalized spacial score (nSPS) is 13.6. The Balaban J connectivity index is 2.02. The minimum Gasteiger partial charge on any atom is -0.288 e. The second-order valence-electron chi connectivity index (χ2n) is 4.80. The van der Waals surface area contributed by atoms with Crippen LogP contribution in [0.15, 0.2) is 18.2 Å². The van der Waals surface area contributed by atoms with Gasteiger partial charge in [0.15, 0.2) is 11.6 Å². The van der Waals surface area contributed by atoms with Crippen molar-refractivity contribution in [2.24, 2.45) is 0 Å². The van der Waals surface area contributed by atoms with Crippen molar-refractivity contribution in [2.45, 2.75) is 26.2 Å². The molecule has 0 N–H and O–H groups in total. The molecule has 0 bridgehead atoms. The summed E-state index contributed by atoms with van der Waals surface area (Å²) in [5.41, 5.74) is 1.21. The number of carbonyl (C=O) groups excluding carboxylic acids is 1. The molecule has 1 aliphatic rings. The molecule has 0 atom stereocenters. The molecule has 0 spiro atoms. The summed E-state index contributed by atoms with van der Waals surface area (Å²) in [6, 6.07) is 4.63. The molecule has 3 rings (SSSR count). The van der Waals surface area contributed by atoms with E-state index in [1.807, 2.05) is 6.07 Å². The van der Waals surface area contributed by atoms with Crippen LogP contribution in [0.2, 0.25) is 0 Å². The first-order valence-electron chi connectivity index (χ1n) is 6.19. The van der Waals surface area contributed by atoms with Crippen LogP contribution >= 0.6 is 11.3 Å². The van der Waals surface area contributed by atoms with Crippen molar-refractivity contribution in [1.82, 2.24) is 0 Å². The second-order valence-corrected chi connectivity index (χ2v) is 5.94. The highest BCUT2D eigenvalue weighted by Crippen LogP contribution is 2.32. The predicted molar refractivity (Wildman–Crippen MR) is 70.9 cm³/mol. The Bertz CT molecular complexity index is 652. The van der Waals surface area contributed by atoms with E-state index in [4.69, 9.17) is 0 Å². The Kier molecular flexibility index (Phi) is 2.97. The van der Waals surface area contributed by atoms with Gasteiger partial charge in [-0.05, 0) is 49.4 Å². The molecule has 0 radical (unpaired) electrons. The van der Waals surface area contributed by atoms with Crippen LogP contribution in [0.3, 0.4) is 0 Å². The molecule has 2 aromatic rings. The van der Waals surface area contributed by atoms with Crippen LogP contribution in [0.1, 0.15) is 37.7 Å². The van der Waals surface area contributed by atoms with Crippen LogP contribution in [0.5, 0.6) is 0 Å². The van der Waals surface area contributed by atoms with Crippen molar-refractivity contribution in [3.63, 3.8) is 0 Å². The third-order valence-electron chi connectivity index (χ3n) is 3.49. The lowest BCUT2D eigenvalue weighted by Crippen LogP contribution is -2.05. The van der Waals surface area contributed by atoms with Gasteiger partial charge >= 0.3 is 0 Å². The van der Waals surface area contributed by atoms with Crippen molar-refractivity contribution in [3.8, 4) is 0 Å². The summed E-state index contributed by atoms with van der Waals surface area (Å²) in [7, 11) is 0. The number of halogens is 2. The van der Waals surface area contributed by atoms with E-state index in [0.717, 1.165) is 19.3 Å². The Morgan fingerprint density at radius 1 is 1.21 bits per heavy atom. The topological polar surface area (TPSA) is 17.1 Å². The van der Waals surface area contributed by atoms with Crippen molar-refractivity contribution in [1.29, 1.82) is 0 Å². The van der Waals surface area contributed by atoms with E-state index in [0.29, 0.717) is 4.88 Å². The maximum absolute atomic E-state index is 13.8. The number of thiophene rings is 1. The maximum atomic E-state index is 13.8. The van der Waals surface area contributed by atoms with E-state index < -0.39 is 17.4 Å². The second kappa shape index (κ2) is 4.53. The molecule has 19 heavy (non-hydrogen) atoms. The molecule has 1 aromatic heterocycles. The van der Waals surface area contributed by atoms with Gasteiger partial charge in [-0.15, -0.1) is 11.3 Å². The quantitative estimate of drug-likeness (QED) is 0.757. The SMILES string of the molecule is Cc1ccc(C(=O)c2cc3c(s2)CCC3)c(F)c1F. The molecule has 1 aromatic carbocycles. The molecule has 1 aliphatic carbocycles. The van der Waals surface area contributed by atoms with Crippen LogP contribution in [0.25, 0.3) is 0 Å². The van der Waals surface area contributed by atoms with E-state index in [2.05, 4.69) is 0 Å². The number of carbonyl (C=O) groups is 1. The van der Waals surface area contributed by atoms with Gasteiger partial charge in [-0.1, -0.05) is 6.07 Å². The number of hydrogen-bond donors (Lipinski definition) is 0. The lowest BCUT2D eigenvalue weighted by molar-refractivity contribution is 0.103. The van der Waals surface area contributed by atoms with Gasteiger partial charge in [0.2, 0.25) is 5.78 Å². The number of rotatable bonds is 2. The predicted octanol–water partition coefficient (Wildman–Crippen LogP) is 4.05.